The molecule has 1 heterocycles. The lowest BCUT2D eigenvalue weighted by atomic mass is 9.85. The molecule has 0 aromatic carbocycles. The van der Waals surface area contributed by atoms with Crippen molar-refractivity contribution in [1.29, 1.82) is 0 Å². The maximum Gasteiger partial charge on any atom is 0.160 e. The fourth-order valence-electron chi connectivity index (χ4n) is 2.00. The predicted molar refractivity (Wildman–Crippen MR) is 66.0 cm³/mol. The molecule has 0 saturated heterocycles. The number of methoxy groups -OCH3 is 1. The van der Waals surface area contributed by atoms with Gasteiger partial charge in [-0.3, -0.25) is 4.68 Å². The molecule has 92 valence electrons. The fraction of sp³-hybridized carbons (Fsp3) is 0.750. The third kappa shape index (κ3) is 2.55. The van der Waals surface area contributed by atoms with Gasteiger partial charge in [-0.2, -0.15) is 5.10 Å². The Bertz CT molecular complexity index is 310. The van der Waals surface area contributed by atoms with Gasteiger partial charge in [-0.25, -0.2) is 0 Å². The molecule has 0 amide bonds. The van der Waals surface area contributed by atoms with E-state index in [9.17, 15) is 0 Å². The number of ether oxygens (including phenoxy) is 1. The number of hydrogen-bond acceptors (Lipinski definition) is 3. The second kappa shape index (κ2) is 5.34. The first-order chi connectivity index (χ1) is 7.56. The van der Waals surface area contributed by atoms with Crippen molar-refractivity contribution in [2.45, 2.75) is 39.2 Å². The van der Waals surface area contributed by atoms with Crippen LogP contribution in [0, 0.1) is 0 Å². The second-order valence-electron chi connectivity index (χ2n) is 4.61. The molecule has 1 rings (SSSR count). The van der Waals surface area contributed by atoms with E-state index in [0.717, 1.165) is 25.3 Å². The Kier molecular flexibility index (Phi) is 4.35. The van der Waals surface area contributed by atoms with Crippen LogP contribution in [0.1, 0.15) is 32.9 Å². The van der Waals surface area contributed by atoms with E-state index in [1.807, 2.05) is 11.7 Å². The van der Waals surface area contributed by atoms with Gasteiger partial charge in [0.25, 0.3) is 0 Å². The minimum Gasteiger partial charge on any atom is -0.493 e. The summed E-state index contributed by atoms with van der Waals surface area (Å²) in [6.07, 6.45) is 2.87. The van der Waals surface area contributed by atoms with Gasteiger partial charge in [0.1, 0.15) is 0 Å². The molecule has 1 aromatic rings. The first-order valence-corrected chi connectivity index (χ1v) is 5.81. The van der Waals surface area contributed by atoms with Crippen LogP contribution in [-0.4, -0.2) is 30.5 Å². The lowest BCUT2D eigenvalue weighted by Gasteiger charge is -2.26. The molecule has 4 heteroatoms. The molecule has 0 fully saturated rings. The number of nitrogens with one attached hydrogen (secondary N) is 1. The van der Waals surface area contributed by atoms with E-state index in [1.54, 1.807) is 13.3 Å². The smallest absolute Gasteiger partial charge is 0.160 e. The number of aromatic nitrogens is 2. The van der Waals surface area contributed by atoms with Gasteiger partial charge in [-0.1, -0.05) is 13.8 Å². The van der Waals surface area contributed by atoms with Crippen LogP contribution < -0.4 is 10.1 Å². The topological polar surface area (TPSA) is 39.1 Å². The van der Waals surface area contributed by atoms with Crippen molar-refractivity contribution in [3.05, 3.63) is 11.9 Å². The lowest BCUT2D eigenvalue weighted by molar-refractivity contribution is 0.368. The van der Waals surface area contributed by atoms with Crippen LogP contribution in [0.3, 0.4) is 0 Å². The molecule has 0 aliphatic carbocycles. The van der Waals surface area contributed by atoms with Crippen molar-refractivity contribution >= 4 is 0 Å². The maximum atomic E-state index is 5.39. The van der Waals surface area contributed by atoms with Gasteiger partial charge >= 0.3 is 0 Å². The molecule has 0 spiro atoms. The summed E-state index contributed by atoms with van der Waals surface area (Å²) in [5.41, 5.74) is 1.26. The summed E-state index contributed by atoms with van der Waals surface area (Å²) in [5.74, 6) is 0.892. The van der Waals surface area contributed by atoms with E-state index in [-0.39, 0.29) is 5.41 Å². The zero-order valence-electron chi connectivity index (χ0n) is 11.0. The zero-order valence-corrected chi connectivity index (χ0v) is 11.0. The van der Waals surface area contributed by atoms with Crippen LogP contribution in [0.15, 0.2) is 6.20 Å². The Morgan fingerprint density at radius 3 is 2.69 bits per heavy atom. The third-order valence-corrected chi connectivity index (χ3v) is 2.97. The summed E-state index contributed by atoms with van der Waals surface area (Å²) < 4.78 is 7.41. The van der Waals surface area contributed by atoms with Crippen LogP contribution in [-0.2, 0) is 12.0 Å². The molecule has 1 aromatic heterocycles. The van der Waals surface area contributed by atoms with Crippen LogP contribution in [0.25, 0.3) is 0 Å². The molecular formula is C12H23N3O. The highest BCUT2D eigenvalue weighted by atomic mass is 16.5. The molecule has 0 radical (unpaired) electrons. The van der Waals surface area contributed by atoms with E-state index >= 15 is 0 Å². The number of rotatable bonds is 6. The Morgan fingerprint density at radius 2 is 2.19 bits per heavy atom. The Morgan fingerprint density at radius 1 is 1.50 bits per heavy atom. The van der Waals surface area contributed by atoms with Gasteiger partial charge in [0.2, 0.25) is 0 Å². The molecule has 1 N–H and O–H groups in total. The number of nitrogens with zero attached hydrogens (tertiary/aromatic N) is 2. The van der Waals surface area contributed by atoms with Crippen LogP contribution >= 0.6 is 0 Å². The normalized spacial score (nSPS) is 11.8. The standard InChI is InChI=1S/C12H23N3O/c1-6-15-11(10(16-5)9-14-15)12(2,3)7-8-13-4/h9,13H,6-8H2,1-5H3. The van der Waals surface area contributed by atoms with Crippen LogP contribution in [0.4, 0.5) is 0 Å². The minimum absolute atomic E-state index is 0.0703. The molecule has 0 atom stereocenters. The van der Waals surface area contributed by atoms with Gasteiger partial charge in [-0.15, -0.1) is 0 Å². The number of aryl methyl sites for hydroxylation is 1. The molecule has 0 unspecified atom stereocenters. The minimum atomic E-state index is 0.0703. The van der Waals surface area contributed by atoms with E-state index in [2.05, 4.69) is 31.2 Å². The summed E-state index contributed by atoms with van der Waals surface area (Å²) in [6, 6.07) is 0. The van der Waals surface area contributed by atoms with Crippen molar-refractivity contribution < 1.29 is 4.74 Å². The first-order valence-electron chi connectivity index (χ1n) is 5.81. The van der Waals surface area contributed by atoms with Crippen LogP contribution in [0.5, 0.6) is 5.75 Å². The Balaban J connectivity index is 3.03. The lowest BCUT2D eigenvalue weighted by Crippen LogP contribution is -2.27. The van der Waals surface area contributed by atoms with E-state index in [1.165, 1.54) is 5.69 Å². The van der Waals surface area contributed by atoms with Crippen molar-refractivity contribution in [2.24, 2.45) is 0 Å². The average molecular weight is 225 g/mol. The van der Waals surface area contributed by atoms with Crippen molar-refractivity contribution in [3.63, 3.8) is 0 Å². The number of hydrogen-bond donors (Lipinski definition) is 1. The highest BCUT2D eigenvalue weighted by Crippen LogP contribution is 2.33. The molecule has 0 saturated carbocycles. The van der Waals surface area contributed by atoms with Gasteiger partial charge in [0.05, 0.1) is 19.0 Å². The quantitative estimate of drug-likeness (QED) is 0.802. The van der Waals surface area contributed by atoms with E-state index in [4.69, 9.17) is 4.74 Å². The molecule has 0 aliphatic rings. The first kappa shape index (κ1) is 13.0. The third-order valence-electron chi connectivity index (χ3n) is 2.97. The van der Waals surface area contributed by atoms with Gasteiger partial charge in [0.15, 0.2) is 5.75 Å². The highest BCUT2D eigenvalue weighted by Gasteiger charge is 2.28. The summed E-state index contributed by atoms with van der Waals surface area (Å²) in [4.78, 5) is 0. The van der Waals surface area contributed by atoms with Crippen LogP contribution in [0.2, 0.25) is 0 Å². The summed E-state index contributed by atoms with van der Waals surface area (Å²) in [6.45, 7) is 8.43. The SMILES string of the molecule is CCn1ncc(OC)c1C(C)(C)CCNC. The van der Waals surface area contributed by atoms with Crippen molar-refractivity contribution in [3.8, 4) is 5.75 Å². The fourth-order valence-corrected chi connectivity index (χ4v) is 2.00. The highest BCUT2D eigenvalue weighted by molar-refractivity contribution is 5.31. The molecule has 16 heavy (non-hydrogen) atoms. The molecule has 0 bridgehead atoms. The van der Waals surface area contributed by atoms with Gasteiger partial charge in [-0.05, 0) is 26.9 Å². The maximum absolute atomic E-state index is 5.39. The monoisotopic (exact) mass is 225 g/mol. The van der Waals surface area contributed by atoms with Gasteiger partial charge in [0, 0.05) is 12.0 Å². The van der Waals surface area contributed by atoms with Gasteiger partial charge < -0.3 is 10.1 Å². The summed E-state index contributed by atoms with van der Waals surface area (Å²) in [5, 5.41) is 7.54. The summed E-state index contributed by atoms with van der Waals surface area (Å²) >= 11 is 0. The van der Waals surface area contributed by atoms with E-state index in [0.29, 0.717) is 0 Å². The molecule has 4 nitrogen and oxygen atoms in total. The Hall–Kier alpha value is -1.03. The molecule has 0 aliphatic heterocycles. The largest absolute Gasteiger partial charge is 0.493 e. The molecular weight excluding hydrogens is 202 g/mol. The van der Waals surface area contributed by atoms with Crippen molar-refractivity contribution in [1.82, 2.24) is 15.1 Å². The zero-order chi connectivity index (χ0) is 12.2. The summed E-state index contributed by atoms with van der Waals surface area (Å²) in [7, 11) is 3.68. The van der Waals surface area contributed by atoms with Crippen molar-refractivity contribution in [2.75, 3.05) is 20.7 Å². The second-order valence-corrected chi connectivity index (χ2v) is 4.61. The Labute approximate surface area is 98.0 Å². The van der Waals surface area contributed by atoms with E-state index < -0.39 is 0 Å². The predicted octanol–water partition coefficient (Wildman–Crippen LogP) is 1.80. The average Bonchev–Trinajstić information content (AvgIpc) is 2.70.